The molecule has 0 unspecified atom stereocenters. The topological polar surface area (TPSA) is 0 Å². The summed E-state index contributed by atoms with van der Waals surface area (Å²) in [7, 11) is 0. The van der Waals surface area contributed by atoms with Crippen molar-refractivity contribution in [2.75, 3.05) is 0 Å². The summed E-state index contributed by atoms with van der Waals surface area (Å²) in [5, 5.41) is 0. The third-order valence-electron chi connectivity index (χ3n) is 0. The molecule has 0 aromatic heterocycles. The molecular formula is C7H16Y2-2. The van der Waals surface area contributed by atoms with Crippen molar-refractivity contribution < 1.29 is 65.4 Å². The van der Waals surface area contributed by atoms with Gasteiger partial charge in [-0.1, -0.05) is 0 Å². The Morgan fingerprint density at radius 3 is 0.889 bits per heavy atom. The van der Waals surface area contributed by atoms with Crippen molar-refractivity contribution >= 4 is 0 Å². The Balaban J connectivity index is -0.0000000233. The largest absolute Gasteiger partial charge is 0.335 e. The van der Waals surface area contributed by atoms with Crippen LogP contribution in [0.4, 0.5) is 0 Å². The molecule has 0 fully saturated rings. The average Bonchev–Trinajstić information content (AvgIpc) is 1.33. The predicted molar refractivity (Wildman–Crippen MR) is 35.9 cm³/mol. The van der Waals surface area contributed by atoms with E-state index in [2.05, 4.69) is 20.8 Å². The van der Waals surface area contributed by atoms with E-state index in [1.54, 1.807) is 0 Å². The Bertz CT molecular complexity index is 18.1. The van der Waals surface area contributed by atoms with E-state index in [9.17, 15) is 0 Å². The molecule has 2 heteroatoms. The molecule has 0 nitrogen and oxygen atoms in total. The van der Waals surface area contributed by atoms with Gasteiger partial charge in [0.25, 0.3) is 0 Å². The molecular weight excluding hydrogens is 262 g/mol. The van der Waals surface area contributed by atoms with Crippen LogP contribution in [0, 0.1) is 12.3 Å². The molecule has 0 bridgehead atoms. The molecule has 0 spiro atoms. The summed E-state index contributed by atoms with van der Waals surface area (Å²) in [5.74, 6) is 1.42. The van der Waals surface area contributed by atoms with Gasteiger partial charge in [0.1, 0.15) is 0 Å². The average molecular weight is 278 g/mol. The van der Waals surface area contributed by atoms with Gasteiger partial charge in [0.05, 0.1) is 0 Å². The zero-order chi connectivity index (χ0) is 6.28. The SMILES string of the molecule is C[C-](C)C.C[CH-]C.[Y].[Y]. The summed E-state index contributed by atoms with van der Waals surface area (Å²) < 4.78 is 0. The van der Waals surface area contributed by atoms with Crippen LogP contribution in [0.15, 0.2) is 0 Å². The van der Waals surface area contributed by atoms with E-state index in [0.29, 0.717) is 0 Å². The fourth-order valence-corrected chi connectivity index (χ4v) is 0. The van der Waals surface area contributed by atoms with Crippen molar-refractivity contribution in [3.05, 3.63) is 12.3 Å². The van der Waals surface area contributed by atoms with Gasteiger partial charge < -0.3 is 12.3 Å². The molecule has 0 aromatic rings. The molecule has 2 radical (unpaired) electrons. The summed E-state index contributed by atoms with van der Waals surface area (Å²) >= 11 is 0. The van der Waals surface area contributed by atoms with E-state index in [0.717, 1.165) is 0 Å². The molecule has 0 amide bonds. The molecule has 0 saturated carbocycles. The van der Waals surface area contributed by atoms with Crippen LogP contribution >= 0.6 is 0 Å². The maximum Gasteiger partial charge on any atom is 0 e. The summed E-state index contributed by atoms with van der Waals surface area (Å²) in [6, 6.07) is 0. The van der Waals surface area contributed by atoms with Crippen molar-refractivity contribution in [2.24, 2.45) is 0 Å². The Morgan fingerprint density at radius 2 is 0.889 bits per heavy atom. The predicted octanol–water partition coefficient (Wildman–Crippen LogP) is 2.85. The molecule has 0 aromatic carbocycles. The van der Waals surface area contributed by atoms with Gasteiger partial charge in [0.15, 0.2) is 0 Å². The van der Waals surface area contributed by atoms with Gasteiger partial charge in [-0.3, -0.25) is 0 Å². The van der Waals surface area contributed by atoms with Crippen LogP contribution in [0.2, 0.25) is 0 Å². The Hall–Kier alpha value is 2.21. The first kappa shape index (κ1) is 22.5. The smallest absolute Gasteiger partial charge is 0 e. The van der Waals surface area contributed by atoms with Gasteiger partial charge in [-0.25, -0.2) is 0 Å². The quantitative estimate of drug-likeness (QED) is 0.598. The summed E-state index contributed by atoms with van der Waals surface area (Å²) in [5.41, 5.74) is 0. The standard InChI is InChI=1S/C4H9.C3H7.2Y/c1-4(2)3;1-3-2;;/h1-3H3;3H,1-2H3;;/q2*-1;;. The number of hydrogen-bond donors (Lipinski definition) is 0. The molecule has 0 rings (SSSR count). The first-order chi connectivity index (χ1) is 3.15. The third-order valence-corrected chi connectivity index (χ3v) is 0. The number of rotatable bonds is 0. The first-order valence-electron chi connectivity index (χ1n) is 2.65. The van der Waals surface area contributed by atoms with Crippen molar-refractivity contribution in [2.45, 2.75) is 34.6 Å². The van der Waals surface area contributed by atoms with E-state index < -0.39 is 0 Å². The van der Waals surface area contributed by atoms with E-state index in [1.165, 1.54) is 5.92 Å². The third kappa shape index (κ3) is 141. The molecule has 0 N–H and O–H groups in total. The van der Waals surface area contributed by atoms with Crippen LogP contribution in [0.1, 0.15) is 34.6 Å². The molecule has 0 aliphatic heterocycles. The monoisotopic (exact) mass is 278 g/mol. The second kappa shape index (κ2) is 22.5. The zero-order valence-corrected chi connectivity index (χ0v) is 12.9. The molecule has 0 saturated heterocycles. The van der Waals surface area contributed by atoms with Crippen LogP contribution in [0.5, 0.6) is 0 Å². The molecule has 9 heavy (non-hydrogen) atoms. The normalized spacial score (nSPS) is 6.00. The second-order valence-electron chi connectivity index (χ2n) is 2.08. The molecule has 52 valence electrons. The fraction of sp³-hybridized carbons (Fsp3) is 0.714. The van der Waals surface area contributed by atoms with Crippen molar-refractivity contribution in [3.8, 4) is 0 Å². The molecule has 0 aliphatic rings. The van der Waals surface area contributed by atoms with Gasteiger partial charge in [0, 0.05) is 65.4 Å². The van der Waals surface area contributed by atoms with Gasteiger partial charge in [-0.05, 0) is 0 Å². The minimum atomic E-state index is 0. The van der Waals surface area contributed by atoms with Crippen molar-refractivity contribution in [1.82, 2.24) is 0 Å². The molecule has 0 aliphatic carbocycles. The maximum atomic E-state index is 2.08. The summed E-state index contributed by atoms with van der Waals surface area (Å²) in [6.45, 7) is 10.2. The summed E-state index contributed by atoms with van der Waals surface area (Å²) in [4.78, 5) is 0. The van der Waals surface area contributed by atoms with E-state index in [4.69, 9.17) is 0 Å². The minimum Gasteiger partial charge on any atom is -0.335 e. The minimum absolute atomic E-state index is 0. The van der Waals surface area contributed by atoms with E-state index in [1.807, 2.05) is 20.3 Å². The van der Waals surface area contributed by atoms with Gasteiger partial charge in [0.2, 0.25) is 0 Å². The molecule has 0 atom stereocenters. The van der Waals surface area contributed by atoms with Crippen LogP contribution in [-0.2, 0) is 65.4 Å². The van der Waals surface area contributed by atoms with Crippen molar-refractivity contribution in [3.63, 3.8) is 0 Å². The second-order valence-corrected chi connectivity index (χ2v) is 2.08. The fourth-order valence-electron chi connectivity index (χ4n) is 0. The zero-order valence-electron chi connectivity index (χ0n) is 7.23. The van der Waals surface area contributed by atoms with Crippen LogP contribution in [-0.4, -0.2) is 0 Å². The van der Waals surface area contributed by atoms with Crippen LogP contribution in [0.3, 0.4) is 0 Å². The first-order valence-corrected chi connectivity index (χ1v) is 2.65. The molecule has 0 heterocycles. The summed E-state index contributed by atoms with van der Waals surface area (Å²) in [6.07, 6.45) is 2.00. The van der Waals surface area contributed by atoms with Gasteiger partial charge >= 0.3 is 0 Å². The number of hydrogen-bond acceptors (Lipinski definition) is 0. The Kier molecular flexibility index (Phi) is 56.1. The van der Waals surface area contributed by atoms with Gasteiger partial charge in [-0.15, -0.1) is 0 Å². The van der Waals surface area contributed by atoms with Crippen LogP contribution in [0.25, 0.3) is 0 Å². The maximum absolute atomic E-state index is 2.08. The van der Waals surface area contributed by atoms with Gasteiger partial charge in [-0.2, -0.15) is 34.6 Å². The van der Waals surface area contributed by atoms with E-state index in [-0.39, 0.29) is 65.4 Å². The Morgan fingerprint density at radius 1 is 0.889 bits per heavy atom. The van der Waals surface area contributed by atoms with E-state index >= 15 is 0 Å². The Labute approximate surface area is 111 Å². The van der Waals surface area contributed by atoms with Crippen LogP contribution < -0.4 is 0 Å². The van der Waals surface area contributed by atoms with Crippen molar-refractivity contribution in [1.29, 1.82) is 0 Å².